The molecule has 1 aliphatic rings. The first-order chi connectivity index (χ1) is 17.3. The Kier molecular flexibility index (Phi) is 6.00. The summed E-state index contributed by atoms with van der Waals surface area (Å²) in [5, 5.41) is 0.448. The van der Waals surface area contributed by atoms with Crippen LogP contribution in [0.5, 0.6) is 11.5 Å². The lowest BCUT2D eigenvalue weighted by atomic mass is 9.97. The predicted molar refractivity (Wildman–Crippen MR) is 138 cm³/mol. The molecule has 184 valence electrons. The molecule has 3 heterocycles. The van der Waals surface area contributed by atoms with Gasteiger partial charge in [0.2, 0.25) is 5.76 Å². The molecule has 2 aromatic carbocycles. The quantitative estimate of drug-likeness (QED) is 0.351. The van der Waals surface area contributed by atoms with Gasteiger partial charge in [0.05, 0.1) is 30.2 Å². The van der Waals surface area contributed by atoms with Crippen LogP contribution >= 0.6 is 0 Å². The molecule has 0 radical (unpaired) electrons. The van der Waals surface area contributed by atoms with E-state index in [1.54, 1.807) is 12.3 Å². The van der Waals surface area contributed by atoms with Gasteiger partial charge >= 0.3 is 0 Å². The van der Waals surface area contributed by atoms with Crippen molar-refractivity contribution >= 4 is 22.7 Å². The van der Waals surface area contributed by atoms with Crippen LogP contribution < -0.4 is 19.8 Å². The topological polar surface area (TPSA) is 81.9 Å². The number of anilines is 1. The van der Waals surface area contributed by atoms with Crippen molar-refractivity contribution in [2.45, 2.75) is 40.7 Å². The molecule has 7 nitrogen and oxygen atoms in total. The number of fused-ring (bicyclic) bond motifs is 2. The molecule has 7 heteroatoms. The fraction of sp³-hybridized carbons (Fsp3) is 0.276. The van der Waals surface area contributed by atoms with Crippen LogP contribution in [0.2, 0.25) is 0 Å². The second kappa shape index (κ2) is 9.15. The number of nitrogens with zero attached hydrogens (tertiary/aromatic N) is 2. The van der Waals surface area contributed by atoms with Crippen molar-refractivity contribution in [2.75, 3.05) is 18.1 Å². The summed E-state index contributed by atoms with van der Waals surface area (Å²) in [5.74, 6) is 1.21. The van der Waals surface area contributed by atoms with Crippen LogP contribution in [0.3, 0.4) is 0 Å². The van der Waals surface area contributed by atoms with Crippen molar-refractivity contribution in [3.63, 3.8) is 0 Å². The first-order valence-corrected chi connectivity index (χ1v) is 12.1. The molecule has 4 aromatic rings. The summed E-state index contributed by atoms with van der Waals surface area (Å²) >= 11 is 0. The number of hydrogen-bond donors (Lipinski definition) is 0. The number of hydrogen-bond acceptors (Lipinski definition) is 6. The highest BCUT2D eigenvalue weighted by molar-refractivity contribution is 6.10. The minimum absolute atomic E-state index is 0.0370. The smallest absolute Gasteiger partial charge is 0.296 e. The van der Waals surface area contributed by atoms with E-state index in [2.05, 4.69) is 4.98 Å². The van der Waals surface area contributed by atoms with Gasteiger partial charge in [-0.25, -0.2) is 4.98 Å². The Balaban J connectivity index is 1.78. The maximum Gasteiger partial charge on any atom is 0.296 e. The summed E-state index contributed by atoms with van der Waals surface area (Å²) in [7, 11) is 0. The third-order valence-electron chi connectivity index (χ3n) is 6.51. The first kappa shape index (κ1) is 23.6. The maximum absolute atomic E-state index is 13.9. The van der Waals surface area contributed by atoms with Crippen molar-refractivity contribution in [2.24, 2.45) is 0 Å². The van der Waals surface area contributed by atoms with Gasteiger partial charge in [0.25, 0.3) is 5.91 Å². The van der Waals surface area contributed by atoms with Crippen LogP contribution in [0, 0.1) is 20.8 Å². The number of carbonyl (C=O) groups is 1. The van der Waals surface area contributed by atoms with E-state index in [0.717, 1.165) is 16.7 Å². The number of carbonyl (C=O) groups excluding carboxylic acids is 1. The highest BCUT2D eigenvalue weighted by Gasteiger charge is 2.44. The molecule has 0 aliphatic carbocycles. The van der Waals surface area contributed by atoms with Crippen molar-refractivity contribution in [1.82, 2.24) is 4.98 Å². The Labute approximate surface area is 209 Å². The van der Waals surface area contributed by atoms with Gasteiger partial charge in [-0.05, 0) is 87.2 Å². The lowest BCUT2D eigenvalue weighted by Crippen LogP contribution is -2.30. The van der Waals surface area contributed by atoms with Gasteiger partial charge in [-0.15, -0.1) is 0 Å². The third-order valence-corrected chi connectivity index (χ3v) is 6.51. The molecule has 5 rings (SSSR count). The third kappa shape index (κ3) is 3.81. The standard InChI is InChI=1S/C29H28N2O5/c1-6-34-21-10-9-19(14-23(21)35-7-2)26-25-27(32)20-12-17(4)18(5)13-22(20)36-28(25)29(33)31(26)24-11-8-16(3)15-30-24/h8-15,26H,6-7H2,1-5H3. The summed E-state index contributed by atoms with van der Waals surface area (Å²) in [6, 6.07) is 12.1. The van der Waals surface area contributed by atoms with Crippen molar-refractivity contribution in [3.8, 4) is 11.5 Å². The van der Waals surface area contributed by atoms with E-state index in [0.29, 0.717) is 52.6 Å². The minimum Gasteiger partial charge on any atom is -0.490 e. The van der Waals surface area contributed by atoms with Crippen molar-refractivity contribution in [3.05, 3.63) is 92.5 Å². The zero-order chi connectivity index (χ0) is 25.6. The van der Waals surface area contributed by atoms with E-state index in [1.165, 1.54) is 4.90 Å². The molecule has 36 heavy (non-hydrogen) atoms. The van der Waals surface area contributed by atoms with Gasteiger partial charge in [0, 0.05) is 6.20 Å². The second-order valence-electron chi connectivity index (χ2n) is 8.95. The van der Waals surface area contributed by atoms with Gasteiger partial charge in [-0.2, -0.15) is 0 Å². The molecular formula is C29H28N2O5. The number of aromatic nitrogens is 1. The number of amides is 1. The zero-order valence-electron chi connectivity index (χ0n) is 21.0. The van der Waals surface area contributed by atoms with Gasteiger partial charge in [0.1, 0.15) is 11.4 Å². The van der Waals surface area contributed by atoms with E-state index in [9.17, 15) is 9.59 Å². The van der Waals surface area contributed by atoms with E-state index in [1.807, 2.05) is 71.0 Å². The van der Waals surface area contributed by atoms with Crippen molar-refractivity contribution in [1.29, 1.82) is 0 Å². The van der Waals surface area contributed by atoms with E-state index in [-0.39, 0.29) is 11.2 Å². The molecule has 0 saturated carbocycles. The molecule has 0 spiro atoms. The molecule has 1 atom stereocenters. The summed E-state index contributed by atoms with van der Waals surface area (Å²) in [6.45, 7) is 10.6. The average Bonchev–Trinajstić information content (AvgIpc) is 3.15. The summed E-state index contributed by atoms with van der Waals surface area (Å²) in [6.07, 6.45) is 1.70. The number of benzene rings is 2. The van der Waals surface area contributed by atoms with Gasteiger partial charge in [-0.1, -0.05) is 12.1 Å². The largest absolute Gasteiger partial charge is 0.490 e. The summed E-state index contributed by atoms with van der Waals surface area (Å²) in [4.78, 5) is 33.7. The summed E-state index contributed by atoms with van der Waals surface area (Å²) < 4.78 is 17.7. The van der Waals surface area contributed by atoms with E-state index >= 15 is 0 Å². The number of ether oxygens (including phenoxy) is 2. The van der Waals surface area contributed by atoms with Crippen LogP contribution in [0.1, 0.15) is 58.3 Å². The number of pyridine rings is 1. The Morgan fingerprint density at radius 1 is 0.917 bits per heavy atom. The van der Waals surface area contributed by atoms with Crippen LogP contribution in [0.25, 0.3) is 11.0 Å². The molecule has 0 fully saturated rings. The number of rotatable bonds is 6. The van der Waals surface area contributed by atoms with Gasteiger partial charge in [0.15, 0.2) is 16.9 Å². The highest BCUT2D eigenvalue weighted by Crippen LogP contribution is 2.43. The molecule has 1 unspecified atom stereocenters. The Morgan fingerprint density at radius 3 is 2.33 bits per heavy atom. The van der Waals surface area contributed by atoms with E-state index in [4.69, 9.17) is 13.9 Å². The fourth-order valence-corrected chi connectivity index (χ4v) is 4.62. The van der Waals surface area contributed by atoms with Crippen LogP contribution in [-0.2, 0) is 0 Å². The van der Waals surface area contributed by atoms with Crippen LogP contribution in [0.15, 0.2) is 57.9 Å². The average molecular weight is 485 g/mol. The molecule has 0 N–H and O–H groups in total. The Hall–Kier alpha value is -4.13. The minimum atomic E-state index is -0.736. The fourth-order valence-electron chi connectivity index (χ4n) is 4.62. The van der Waals surface area contributed by atoms with Crippen LogP contribution in [-0.4, -0.2) is 24.1 Å². The molecule has 0 bridgehead atoms. The monoisotopic (exact) mass is 484 g/mol. The Bertz CT molecular complexity index is 1540. The molecule has 1 aliphatic heterocycles. The molecule has 0 saturated heterocycles. The normalized spacial score (nSPS) is 14.9. The summed E-state index contributed by atoms with van der Waals surface area (Å²) in [5.41, 5.74) is 4.09. The molecular weight excluding hydrogens is 456 g/mol. The molecule has 1 amide bonds. The maximum atomic E-state index is 13.9. The zero-order valence-corrected chi connectivity index (χ0v) is 21.0. The number of aryl methyl sites for hydroxylation is 3. The van der Waals surface area contributed by atoms with Crippen molar-refractivity contribution < 1.29 is 18.7 Å². The predicted octanol–water partition coefficient (Wildman–Crippen LogP) is 5.66. The lowest BCUT2D eigenvalue weighted by molar-refractivity contribution is 0.0970. The lowest BCUT2D eigenvalue weighted by Gasteiger charge is -2.25. The second-order valence-corrected chi connectivity index (χ2v) is 8.95. The van der Waals surface area contributed by atoms with Crippen LogP contribution in [0.4, 0.5) is 5.82 Å². The van der Waals surface area contributed by atoms with E-state index < -0.39 is 11.9 Å². The Morgan fingerprint density at radius 2 is 1.64 bits per heavy atom. The SMILES string of the molecule is CCOc1ccc(C2c3c(oc4cc(C)c(C)cc4c3=O)C(=O)N2c2ccc(C)cn2)cc1OCC. The molecule has 2 aromatic heterocycles. The first-order valence-electron chi connectivity index (χ1n) is 12.1. The highest BCUT2D eigenvalue weighted by atomic mass is 16.5. The van der Waals surface area contributed by atoms with Gasteiger partial charge < -0.3 is 13.9 Å². The van der Waals surface area contributed by atoms with Gasteiger partial charge in [-0.3, -0.25) is 14.5 Å².